The van der Waals surface area contributed by atoms with E-state index in [1.54, 1.807) is 14.2 Å². The highest BCUT2D eigenvalue weighted by Gasteiger charge is 2.24. The van der Waals surface area contributed by atoms with E-state index in [0.717, 1.165) is 16.5 Å². The summed E-state index contributed by atoms with van der Waals surface area (Å²) in [6.45, 7) is 5.32. The van der Waals surface area contributed by atoms with Crippen LogP contribution < -0.4 is 5.69 Å². The van der Waals surface area contributed by atoms with E-state index >= 15 is 0 Å². The first-order chi connectivity index (χ1) is 13.0. The fraction of sp³-hybridized carbons (Fsp3) is 0.368. The molecule has 0 atom stereocenters. The number of nitrogens with zero attached hydrogens (tertiary/aromatic N) is 5. The van der Waals surface area contributed by atoms with Crippen molar-refractivity contribution >= 4 is 28.4 Å². The lowest BCUT2D eigenvalue weighted by Crippen LogP contribution is -2.51. The molecule has 1 saturated heterocycles. The molecule has 1 aliphatic rings. The van der Waals surface area contributed by atoms with Gasteiger partial charge in [0.2, 0.25) is 11.8 Å². The molecule has 0 saturated carbocycles. The van der Waals surface area contributed by atoms with Crippen LogP contribution in [0.3, 0.4) is 0 Å². The molecule has 2 aromatic heterocycles. The molecule has 0 unspecified atom stereocenters. The van der Waals surface area contributed by atoms with Gasteiger partial charge in [-0.3, -0.25) is 9.59 Å². The van der Waals surface area contributed by atoms with Crippen LogP contribution in [0.25, 0.3) is 16.6 Å². The highest BCUT2D eigenvalue weighted by atomic mass is 16.2. The van der Waals surface area contributed by atoms with Crippen LogP contribution in [0.2, 0.25) is 0 Å². The van der Waals surface area contributed by atoms with Crippen LogP contribution in [-0.2, 0) is 16.1 Å². The number of hydrogen-bond acceptors (Lipinski definition) is 4. The highest BCUT2D eigenvalue weighted by Crippen LogP contribution is 2.18. The van der Waals surface area contributed by atoms with E-state index in [1.807, 2.05) is 37.3 Å². The lowest BCUT2D eigenvalue weighted by molar-refractivity contribution is -0.139. The third-order valence-electron chi connectivity index (χ3n) is 5.10. The lowest BCUT2D eigenvalue weighted by atomic mass is 10.1. The fourth-order valence-electron chi connectivity index (χ4n) is 3.59. The number of amides is 2. The van der Waals surface area contributed by atoms with Crippen molar-refractivity contribution in [2.45, 2.75) is 20.4 Å². The van der Waals surface area contributed by atoms with Gasteiger partial charge in [-0.1, -0.05) is 18.2 Å². The van der Waals surface area contributed by atoms with Crippen LogP contribution in [-0.4, -0.2) is 62.0 Å². The summed E-state index contributed by atoms with van der Waals surface area (Å²) in [6, 6.07) is 9.61. The molecule has 1 fully saturated rings. The summed E-state index contributed by atoms with van der Waals surface area (Å²) in [4.78, 5) is 40.3. The normalized spacial score (nSPS) is 14.9. The smallest absolute Gasteiger partial charge is 0.339 e. The molecule has 3 heterocycles. The average Bonchev–Trinajstić information content (AvgIpc) is 2.99. The van der Waals surface area contributed by atoms with E-state index in [1.165, 1.54) is 11.6 Å². The molecule has 3 aromatic rings. The van der Waals surface area contributed by atoms with Gasteiger partial charge in [-0.05, 0) is 30.0 Å². The predicted molar refractivity (Wildman–Crippen MR) is 101 cm³/mol. The van der Waals surface area contributed by atoms with E-state index in [0.29, 0.717) is 31.8 Å². The van der Waals surface area contributed by atoms with Gasteiger partial charge in [0.15, 0.2) is 5.65 Å². The molecule has 0 spiro atoms. The summed E-state index contributed by atoms with van der Waals surface area (Å²) in [7, 11) is 0. The van der Waals surface area contributed by atoms with Crippen molar-refractivity contribution in [3.63, 3.8) is 0 Å². The summed E-state index contributed by atoms with van der Waals surface area (Å²) in [6.07, 6.45) is 0. The first kappa shape index (κ1) is 17.3. The van der Waals surface area contributed by atoms with Crippen LogP contribution >= 0.6 is 0 Å². The zero-order valence-electron chi connectivity index (χ0n) is 15.4. The van der Waals surface area contributed by atoms with Gasteiger partial charge in [-0.25, -0.2) is 13.9 Å². The van der Waals surface area contributed by atoms with E-state index in [9.17, 15) is 14.4 Å². The maximum absolute atomic E-state index is 12.9. The maximum atomic E-state index is 12.9. The minimum absolute atomic E-state index is 0.0148. The van der Waals surface area contributed by atoms with Crippen molar-refractivity contribution in [2.75, 3.05) is 26.2 Å². The number of carbonyl (C=O) groups is 2. The second kappa shape index (κ2) is 6.53. The highest BCUT2D eigenvalue weighted by molar-refractivity contribution is 5.83. The minimum Gasteiger partial charge on any atom is -0.339 e. The molecule has 0 radical (unpaired) electrons. The Hall–Kier alpha value is -3.16. The Morgan fingerprint density at radius 2 is 1.74 bits per heavy atom. The number of hydrogen-bond donors (Lipinski definition) is 0. The van der Waals surface area contributed by atoms with Gasteiger partial charge < -0.3 is 9.80 Å². The third kappa shape index (κ3) is 2.97. The largest absolute Gasteiger partial charge is 0.351 e. The second-order valence-corrected chi connectivity index (χ2v) is 6.87. The first-order valence-electron chi connectivity index (χ1n) is 8.97. The van der Waals surface area contributed by atoms with Crippen LogP contribution in [0.1, 0.15) is 12.5 Å². The standard InChI is InChI=1S/C19H21N5O3/c1-13-11-15-5-3-4-6-16(15)24-18(13)20-23(19(24)27)12-17(26)22-9-7-21(8-10-22)14(2)25/h3-6,11H,7-10,12H2,1-2H3. The van der Waals surface area contributed by atoms with Gasteiger partial charge in [0, 0.05) is 33.1 Å². The summed E-state index contributed by atoms with van der Waals surface area (Å²) in [5.74, 6) is -0.147. The summed E-state index contributed by atoms with van der Waals surface area (Å²) >= 11 is 0. The number of para-hydroxylation sites is 1. The molecule has 4 rings (SSSR count). The van der Waals surface area contributed by atoms with Gasteiger partial charge in [0.05, 0.1) is 5.52 Å². The summed E-state index contributed by atoms with van der Waals surface area (Å²) in [5.41, 5.74) is 1.90. The zero-order chi connectivity index (χ0) is 19.1. The average molecular weight is 367 g/mol. The molecule has 1 aromatic carbocycles. The van der Waals surface area contributed by atoms with Crippen molar-refractivity contribution in [3.8, 4) is 0 Å². The number of aryl methyl sites for hydroxylation is 1. The van der Waals surface area contributed by atoms with Gasteiger partial charge in [0.1, 0.15) is 6.54 Å². The van der Waals surface area contributed by atoms with E-state index in [-0.39, 0.29) is 24.0 Å². The third-order valence-corrected chi connectivity index (χ3v) is 5.10. The fourth-order valence-corrected chi connectivity index (χ4v) is 3.59. The molecule has 0 N–H and O–H groups in total. The number of pyridine rings is 1. The van der Waals surface area contributed by atoms with E-state index < -0.39 is 0 Å². The molecule has 0 bridgehead atoms. The molecule has 8 heteroatoms. The van der Waals surface area contributed by atoms with Crippen molar-refractivity contribution in [3.05, 3.63) is 46.4 Å². The number of benzene rings is 1. The first-order valence-corrected chi connectivity index (χ1v) is 8.97. The van der Waals surface area contributed by atoms with Crippen molar-refractivity contribution in [2.24, 2.45) is 0 Å². The molecule has 0 aliphatic carbocycles. The number of aromatic nitrogens is 3. The number of carbonyl (C=O) groups excluding carboxylic acids is 2. The maximum Gasteiger partial charge on any atom is 0.351 e. The number of rotatable bonds is 2. The quantitative estimate of drug-likeness (QED) is 0.666. The van der Waals surface area contributed by atoms with Gasteiger partial charge in [-0.2, -0.15) is 0 Å². The topological polar surface area (TPSA) is 79.9 Å². The summed E-state index contributed by atoms with van der Waals surface area (Å²) < 4.78 is 2.79. The Morgan fingerprint density at radius 3 is 2.44 bits per heavy atom. The summed E-state index contributed by atoms with van der Waals surface area (Å²) in [5, 5.41) is 5.35. The number of fused-ring (bicyclic) bond motifs is 3. The second-order valence-electron chi connectivity index (χ2n) is 6.87. The Kier molecular flexibility index (Phi) is 4.18. The van der Waals surface area contributed by atoms with Crippen molar-refractivity contribution < 1.29 is 9.59 Å². The van der Waals surface area contributed by atoms with Crippen molar-refractivity contribution in [1.82, 2.24) is 24.0 Å². The molecular weight excluding hydrogens is 346 g/mol. The predicted octanol–water partition coefficient (Wildman–Crippen LogP) is 0.648. The zero-order valence-corrected chi connectivity index (χ0v) is 15.4. The van der Waals surface area contributed by atoms with Crippen LogP contribution in [0.5, 0.6) is 0 Å². The van der Waals surface area contributed by atoms with Gasteiger partial charge in [0.25, 0.3) is 0 Å². The number of piperazine rings is 1. The van der Waals surface area contributed by atoms with Crippen LogP contribution in [0.15, 0.2) is 35.1 Å². The Balaban J connectivity index is 1.63. The molecule has 8 nitrogen and oxygen atoms in total. The molecule has 140 valence electrons. The molecular formula is C19H21N5O3. The Bertz CT molecular complexity index is 1110. The van der Waals surface area contributed by atoms with E-state index in [2.05, 4.69) is 5.10 Å². The van der Waals surface area contributed by atoms with E-state index in [4.69, 9.17) is 0 Å². The SMILES string of the molecule is CC(=O)N1CCN(C(=O)Cn2nc3c(C)cc4ccccc4n3c2=O)CC1. The minimum atomic E-state index is -0.319. The lowest BCUT2D eigenvalue weighted by Gasteiger charge is -2.34. The Labute approximate surface area is 155 Å². The Morgan fingerprint density at radius 1 is 1.07 bits per heavy atom. The van der Waals surface area contributed by atoms with Gasteiger partial charge in [-0.15, -0.1) is 5.10 Å². The monoisotopic (exact) mass is 367 g/mol. The molecule has 2 amide bonds. The molecule has 27 heavy (non-hydrogen) atoms. The van der Waals surface area contributed by atoms with Gasteiger partial charge >= 0.3 is 5.69 Å². The molecule has 1 aliphatic heterocycles. The van der Waals surface area contributed by atoms with Crippen LogP contribution in [0, 0.1) is 6.92 Å². The van der Waals surface area contributed by atoms with Crippen molar-refractivity contribution in [1.29, 1.82) is 0 Å². The van der Waals surface area contributed by atoms with Crippen LogP contribution in [0.4, 0.5) is 0 Å².